The van der Waals surface area contributed by atoms with E-state index < -0.39 is 0 Å². The fraction of sp³-hybridized carbons (Fsp3) is 0.188. The molecule has 1 amide bonds. The number of carbonyl (C=O) groups excluding carboxylic acids is 1. The summed E-state index contributed by atoms with van der Waals surface area (Å²) in [5.41, 5.74) is 2.22. The highest BCUT2D eigenvalue weighted by molar-refractivity contribution is 9.09. The maximum atomic E-state index is 12.2. The molecule has 0 bridgehead atoms. The third-order valence-electron chi connectivity index (χ3n) is 3.06. The number of phenolic OH excluding ortho intramolecular Hbond substituents is 1. The molecule has 0 saturated heterocycles. The zero-order chi connectivity index (χ0) is 14.5. The fourth-order valence-electron chi connectivity index (χ4n) is 1.97. The standard InChI is InChI=1S/C16H16BrNO2/c1-11-7-8-13(15(19)9-11)16(20)18-14(10-17)12-5-3-2-4-6-12/h2-9,14,19H,10H2,1H3,(H,18,20). The van der Waals surface area contributed by atoms with E-state index in [9.17, 15) is 9.90 Å². The van der Waals surface area contributed by atoms with E-state index in [1.807, 2.05) is 37.3 Å². The van der Waals surface area contributed by atoms with Gasteiger partial charge < -0.3 is 10.4 Å². The second-order valence-electron chi connectivity index (χ2n) is 4.61. The van der Waals surface area contributed by atoms with Gasteiger partial charge in [0.2, 0.25) is 0 Å². The van der Waals surface area contributed by atoms with E-state index in [0.29, 0.717) is 5.33 Å². The highest BCUT2D eigenvalue weighted by atomic mass is 79.9. The van der Waals surface area contributed by atoms with Gasteiger partial charge in [-0.05, 0) is 30.2 Å². The first-order valence-electron chi connectivity index (χ1n) is 6.33. The molecule has 0 aromatic heterocycles. The van der Waals surface area contributed by atoms with E-state index in [2.05, 4.69) is 21.2 Å². The SMILES string of the molecule is Cc1ccc(C(=O)NC(CBr)c2ccccc2)c(O)c1. The Balaban J connectivity index is 2.17. The van der Waals surface area contributed by atoms with Gasteiger partial charge in [0.25, 0.3) is 5.91 Å². The first kappa shape index (κ1) is 14.6. The van der Waals surface area contributed by atoms with Crippen LogP contribution >= 0.6 is 15.9 Å². The molecule has 20 heavy (non-hydrogen) atoms. The van der Waals surface area contributed by atoms with Gasteiger partial charge >= 0.3 is 0 Å². The Morgan fingerprint density at radius 2 is 1.95 bits per heavy atom. The van der Waals surface area contributed by atoms with Gasteiger partial charge in [-0.2, -0.15) is 0 Å². The number of benzene rings is 2. The molecule has 0 aliphatic rings. The van der Waals surface area contributed by atoms with Crippen LogP contribution in [0.1, 0.15) is 27.5 Å². The molecule has 0 spiro atoms. The lowest BCUT2D eigenvalue weighted by Gasteiger charge is -2.17. The second kappa shape index (κ2) is 6.57. The first-order valence-corrected chi connectivity index (χ1v) is 7.45. The van der Waals surface area contributed by atoms with Crippen molar-refractivity contribution in [1.29, 1.82) is 0 Å². The molecular formula is C16H16BrNO2. The van der Waals surface area contributed by atoms with E-state index in [0.717, 1.165) is 11.1 Å². The number of alkyl halides is 1. The largest absolute Gasteiger partial charge is 0.507 e. The summed E-state index contributed by atoms with van der Waals surface area (Å²) in [6.45, 7) is 1.87. The molecule has 2 N–H and O–H groups in total. The average Bonchev–Trinajstić information content (AvgIpc) is 2.45. The minimum absolute atomic E-state index is 0.00360. The molecule has 2 aromatic rings. The van der Waals surface area contributed by atoms with Gasteiger partial charge in [-0.3, -0.25) is 4.79 Å². The lowest BCUT2D eigenvalue weighted by atomic mass is 10.1. The van der Waals surface area contributed by atoms with Gasteiger partial charge in [0.1, 0.15) is 5.75 Å². The molecule has 2 aromatic carbocycles. The predicted octanol–water partition coefficient (Wildman–Crippen LogP) is 3.57. The van der Waals surface area contributed by atoms with Crippen LogP contribution in [0.2, 0.25) is 0 Å². The van der Waals surface area contributed by atoms with Crippen LogP contribution in [-0.4, -0.2) is 16.3 Å². The van der Waals surface area contributed by atoms with Gasteiger partial charge in [0.05, 0.1) is 11.6 Å². The Morgan fingerprint density at radius 3 is 2.55 bits per heavy atom. The molecule has 0 heterocycles. The molecule has 0 aliphatic heterocycles. The van der Waals surface area contributed by atoms with Crippen LogP contribution in [-0.2, 0) is 0 Å². The summed E-state index contributed by atoms with van der Waals surface area (Å²) in [7, 11) is 0. The van der Waals surface area contributed by atoms with Gasteiger partial charge in [-0.25, -0.2) is 0 Å². The maximum Gasteiger partial charge on any atom is 0.255 e. The Kier molecular flexibility index (Phi) is 4.79. The van der Waals surface area contributed by atoms with Crippen LogP contribution in [0, 0.1) is 6.92 Å². The van der Waals surface area contributed by atoms with Crippen molar-refractivity contribution in [3.8, 4) is 5.75 Å². The number of halogens is 1. The normalized spacial score (nSPS) is 11.9. The molecule has 0 fully saturated rings. The Hall–Kier alpha value is -1.81. The van der Waals surface area contributed by atoms with E-state index in [-0.39, 0.29) is 23.3 Å². The summed E-state index contributed by atoms with van der Waals surface area (Å²) in [5.74, 6) is -0.278. The number of phenols is 1. The number of aryl methyl sites for hydroxylation is 1. The number of aromatic hydroxyl groups is 1. The van der Waals surface area contributed by atoms with E-state index >= 15 is 0 Å². The fourth-order valence-corrected chi connectivity index (χ4v) is 2.50. The molecule has 2 rings (SSSR count). The average molecular weight is 334 g/mol. The Labute approximate surface area is 126 Å². The van der Waals surface area contributed by atoms with Crippen molar-refractivity contribution in [2.45, 2.75) is 13.0 Å². The lowest BCUT2D eigenvalue weighted by molar-refractivity contribution is 0.0938. The van der Waals surface area contributed by atoms with Crippen LogP contribution < -0.4 is 5.32 Å². The number of hydrogen-bond donors (Lipinski definition) is 2. The lowest BCUT2D eigenvalue weighted by Crippen LogP contribution is -2.29. The zero-order valence-corrected chi connectivity index (χ0v) is 12.7. The van der Waals surface area contributed by atoms with E-state index in [1.165, 1.54) is 0 Å². The molecule has 0 radical (unpaired) electrons. The highest BCUT2D eigenvalue weighted by Crippen LogP contribution is 2.21. The van der Waals surface area contributed by atoms with Crippen molar-refractivity contribution in [3.05, 3.63) is 65.2 Å². The quantitative estimate of drug-likeness (QED) is 0.840. The number of rotatable bonds is 4. The van der Waals surface area contributed by atoms with E-state index in [4.69, 9.17) is 0 Å². The summed E-state index contributed by atoms with van der Waals surface area (Å²) in [5, 5.41) is 13.4. The Bertz CT molecular complexity index is 599. The molecule has 1 atom stereocenters. The number of carbonyl (C=O) groups is 1. The third kappa shape index (κ3) is 3.39. The van der Waals surface area contributed by atoms with Crippen molar-refractivity contribution >= 4 is 21.8 Å². The van der Waals surface area contributed by atoms with Crippen molar-refractivity contribution in [2.75, 3.05) is 5.33 Å². The van der Waals surface area contributed by atoms with Crippen LogP contribution in [0.4, 0.5) is 0 Å². The van der Waals surface area contributed by atoms with Crippen LogP contribution in [0.5, 0.6) is 5.75 Å². The van der Waals surface area contributed by atoms with Gasteiger partial charge in [0.15, 0.2) is 0 Å². The molecule has 0 aliphatic carbocycles. The molecule has 3 nitrogen and oxygen atoms in total. The van der Waals surface area contributed by atoms with Crippen LogP contribution in [0.25, 0.3) is 0 Å². The minimum atomic E-state index is -0.282. The third-order valence-corrected chi connectivity index (χ3v) is 3.71. The van der Waals surface area contributed by atoms with Crippen LogP contribution in [0.15, 0.2) is 48.5 Å². The van der Waals surface area contributed by atoms with Crippen molar-refractivity contribution in [3.63, 3.8) is 0 Å². The highest BCUT2D eigenvalue weighted by Gasteiger charge is 2.16. The summed E-state index contributed by atoms with van der Waals surface area (Å²) in [6, 6.07) is 14.6. The second-order valence-corrected chi connectivity index (χ2v) is 5.26. The molecular weight excluding hydrogens is 318 g/mol. The number of amides is 1. The smallest absolute Gasteiger partial charge is 0.255 e. The first-order chi connectivity index (χ1) is 9.61. The minimum Gasteiger partial charge on any atom is -0.507 e. The maximum absolute atomic E-state index is 12.2. The molecule has 1 unspecified atom stereocenters. The van der Waals surface area contributed by atoms with Crippen LogP contribution in [0.3, 0.4) is 0 Å². The molecule has 0 saturated carbocycles. The summed E-state index contributed by atoms with van der Waals surface area (Å²) in [6.07, 6.45) is 0. The zero-order valence-electron chi connectivity index (χ0n) is 11.1. The summed E-state index contributed by atoms with van der Waals surface area (Å²) in [4.78, 5) is 12.2. The molecule has 4 heteroatoms. The summed E-state index contributed by atoms with van der Waals surface area (Å²) >= 11 is 3.41. The topological polar surface area (TPSA) is 49.3 Å². The summed E-state index contributed by atoms with van der Waals surface area (Å²) < 4.78 is 0. The monoisotopic (exact) mass is 333 g/mol. The number of hydrogen-bond acceptors (Lipinski definition) is 2. The van der Waals surface area contributed by atoms with Crippen molar-refractivity contribution in [2.24, 2.45) is 0 Å². The van der Waals surface area contributed by atoms with Crippen molar-refractivity contribution < 1.29 is 9.90 Å². The van der Waals surface area contributed by atoms with E-state index in [1.54, 1.807) is 18.2 Å². The Morgan fingerprint density at radius 1 is 1.25 bits per heavy atom. The van der Waals surface area contributed by atoms with Gasteiger partial charge in [-0.1, -0.05) is 52.3 Å². The van der Waals surface area contributed by atoms with Gasteiger partial charge in [0, 0.05) is 5.33 Å². The van der Waals surface area contributed by atoms with Crippen molar-refractivity contribution in [1.82, 2.24) is 5.32 Å². The molecule has 104 valence electrons. The predicted molar refractivity (Wildman–Crippen MR) is 83.3 cm³/mol. The number of nitrogens with one attached hydrogen (secondary N) is 1. The van der Waals surface area contributed by atoms with Gasteiger partial charge in [-0.15, -0.1) is 0 Å².